The maximum atomic E-state index is 4.90. The lowest BCUT2D eigenvalue weighted by atomic mass is 10.7. The minimum absolute atomic E-state index is 0. The Labute approximate surface area is 123 Å². The quantitative estimate of drug-likeness (QED) is 0.367. The summed E-state index contributed by atoms with van der Waals surface area (Å²) in [6.45, 7) is 3.58. The molecule has 0 aromatic heterocycles. The van der Waals surface area contributed by atoms with Crippen molar-refractivity contribution in [2.45, 2.75) is 0 Å². The number of hydrogen-bond donors (Lipinski definition) is 6. The van der Waals surface area contributed by atoms with Gasteiger partial charge in [-0.1, -0.05) is 0 Å². The van der Waals surface area contributed by atoms with Crippen molar-refractivity contribution < 1.29 is 0 Å². The molecule has 6 nitrogen and oxygen atoms in total. The number of halogens is 4. The topological polar surface area (TPSA) is 156 Å². The molecule has 10 heteroatoms. The molecular weight excluding hydrogens is 298 g/mol. The molecular formula is C6H28Cl4N6. The first kappa shape index (κ1) is 43.6. The van der Waals surface area contributed by atoms with E-state index in [-0.39, 0.29) is 49.6 Å². The van der Waals surface area contributed by atoms with Crippen LogP contribution in [0.25, 0.3) is 0 Å². The first-order chi connectivity index (χ1) is 5.74. The summed E-state index contributed by atoms with van der Waals surface area (Å²) in [5.74, 6) is 0. The molecule has 0 fully saturated rings. The Balaban J connectivity index is -0.0000000135. The predicted octanol–water partition coefficient (Wildman–Crippen LogP) is -1.60. The Kier molecular flexibility index (Phi) is 202. The van der Waals surface area contributed by atoms with Crippen LogP contribution in [0, 0.1) is 0 Å². The summed E-state index contributed by atoms with van der Waals surface area (Å²) in [7, 11) is 0. The first-order valence-electron chi connectivity index (χ1n) is 3.95. The molecule has 110 valence electrons. The van der Waals surface area contributed by atoms with Gasteiger partial charge in [-0.2, -0.15) is 0 Å². The standard InChI is InChI=1S/3C2H8N2.4ClH/c3*3-1-2-4;;;;/h3*1-4H2;4*1H. The Morgan fingerprint density at radius 2 is 0.375 bits per heavy atom. The van der Waals surface area contributed by atoms with E-state index in [9.17, 15) is 0 Å². The van der Waals surface area contributed by atoms with E-state index >= 15 is 0 Å². The third-order valence-electron chi connectivity index (χ3n) is 0.500. The highest BCUT2D eigenvalue weighted by atomic mass is 35.5. The van der Waals surface area contributed by atoms with E-state index in [1.807, 2.05) is 0 Å². The summed E-state index contributed by atoms with van der Waals surface area (Å²) < 4.78 is 0. The molecule has 0 atom stereocenters. The molecule has 0 saturated carbocycles. The van der Waals surface area contributed by atoms with Crippen LogP contribution in [0.1, 0.15) is 0 Å². The van der Waals surface area contributed by atoms with Gasteiger partial charge in [-0.25, -0.2) is 0 Å². The van der Waals surface area contributed by atoms with E-state index in [4.69, 9.17) is 34.4 Å². The maximum absolute atomic E-state index is 4.90. The van der Waals surface area contributed by atoms with Gasteiger partial charge in [-0.15, -0.1) is 49.6 Å². The zero-order valence-electron chi connectivity index (χ0n) is 9.34. The summed E-state index contributed by atoms with van der Waals surface area (Å²) in [6.07, 6.45) is 0. The fourth-order valence-corrected chi connectivity index (χ4v) is 0. The van der Waals surface area contributed by atoms with E-state index < -0.39 is 0 Å². The van der Waals surface area contributed by atoms with E-state index in [0.29, 0.717) is 39.3 Å². The van der Waals surface area contributed by atoms with Gasteiger partial charge in [0, 0.05) is 39.3 Å². The normalized spacial score (nSPS) is 5.62. The van der Waals surface area contributed by atoms with Crippen molar-refractivity contribution in [1.82, 2.24) is 0 Å². The second kappa shape index (κ2) is 74.0. The highest BCUT2D eigenvalue weighted by Crippen LogP contribution is 1.25. The van der Waals surface area contributed by atoms with Crippen molar-refractivity contribution in [3.63, 3.8) is 0 Å². The van der Waals surface area contributed by atoms with Crippen molar-refractivity contribution in [3.8, 4) is 0 Å². The Hall–Kier alpha value is 0.920. The summed E-state index contributed by atoms with van der Waals surface area (Å²) in [6, 6.07) is 0. The smallest absolute Gasteiger partial charge is 0.00461 e. The average molecular weight is 326 g/mol. The molecule has 0 radical (unpaired) electrons. The number of rotatable bonds is 3. The van der Waals surface area contributed by atoms with Gasteiger partial charge < -0.3 is 34.4 Å². The van der Waals surface area contributed by atoms with Crippen LogP contribution in [0.5, 0.6) is 0 Å². The van der Waals surface area contributed by atoms with Crippen LogP contribution < -0.4 is 34.4 Å². The van der Waals surface area contributed by atoms with Gasteiger partial charge in [0.1, 0.15) is 0 Å². The maximum Gasteiger partial charge on any atom is 0.00461 e. The van der Waals surface area contributed by atoms with Crippen molar-refractivity contribution in [2.75, 3.05) is 39.3 Å². The van der Waals surface area contributed by atoms with Crippen molar-refractivity contribution in [3.05, 3.63) is 0 Å². The summed E-state index contributed by atoms with van der Waals surface area (Å²) in [5, 5.41) is 0. The van der Waals surface area contributed by atoms with E-state index in [0.717, 1.165) is 0 Å². The minimum atomic E-state index is 0. The first-order valence-corrected chi connectivity index (χ1v) is 3.95. The molecule has 0 unspecified atom stereocenters. The SMILES string of the molecule is Cl.Cl.Cl.Cl.NCCN.NCCN.NCCN. The third kappa shape index (κ3) is 188. The lowest BCUT2D eigenvalue weighted by molar-refractivity contribution is 0.976. The van der Waals surface area contributed by atoms with Gasteiger partial charge in [-0.3, -0.25) is 0 Å². The van der Waals surface area contributed by atoms with Crippen LogP contribution in [0.3, 0.4) is 0 Å². The molecule has 0 spiro atoms. The fraction of sp³-hybridized carbons (Fsp3) is 1.00. The van der Waals surface area contributed by atoms with Crippen LogP contribution >= 0.6 is 49.6 Å². The highest BCUT2D eigenvalue weighted by Gasteiger charge is 1.55. The average Bonchev–Trinajstić information content (AvgIpc) is 2.18. The lowest BCUT2D eigenvalue weighted by Crippen LogP contribution is -2.11. The Morgan fingerprint density at radius 3 is 0.375 bits per heavy atom. The molecule has 16 heavy (non-hydrogen) atoms. The van der Waals surface area contributed by atoms with Crippen LogP contribution in [-0.4, -0.2) is 39.3 Å². The van der Waals surface area contributed by atoms with Crippen LogP contribution in [0.4, 0.5) is 0 Å². The molecule has 0 amide bonds. The summed E-state index contributed by atoms with van der Waals surface area (Å²) in [5.41, 5.74) is 29.4. The van der Waals surface area contributed by atoms with Gasteiger partial charge in [-0.05, 0) is 0 Å². The van der Waals surface area contributed by atoms with Gasteiger partial charge >= 0.3 is 0 Å². The van der Waals surface area contributed by atoms with Crippen molar-refractivity contribution in [1.29, 1.82) is 0 Å². The summed E-state index contributed by atoms with van der Waals surface area (Å²) in [4.78, 5) is 0. The molecule has 12 N–H and O–H groups in total. The van der Waals surface area contributed by atoms with E-state index in [1.165, 1.54) is 0 Å². The van der Waals surface area contributed by atoms with Crippen LogP contribution in [0.2, 0.25) is 0 Å². The number of nitrogens with two attached hydrogens (primary N) is 6. The molecule has 0 rings (SSSR count). The van der Waals surface area contributed by atoms with Crippen LogP contribution in [-0.2, 0) is 0 Å². The van der Waals surface area contributed by atoms with Gasteiger partial charge in [0.05, 0.1) is 0 Å². The third-order valence-corrected chi connectivity index (χ3v) is 0.500. The molecule has 0 aliphatic heterocycles. The second-order valence-electron chi connectivity index (χ2n) is 1.73. The van der Waals surface area contributed by atoms with Crippen LogP contribution in [0.15, 0.2) is 0 Å². The van der Waals surface area contributed by atoms with Crippen molar-refractivity contribution in [2.24, 2.45) is 34.4 Å². The molecule has 0 aromatic rings. The lowest BCUT2D eigenvalue weighted by Gasteiger charge is -1.72. The Bertz CT molecular complexity index is 40.5. The summed E-state index contributed by atoms with van der Waals surface area (Å²) >= 11 is 0. The molecule has 0 saturated heterocycles. The monoisotopic (exact) mass is 324 g/mol. The molecule has 0 bridgehead atoms. The largest absolute Gasteiger partial charge is 0.329 e. The van der Waals surface area contributed by atoms with E-state index in [2.05, 4.69) is 0 Å². The zero-order chi connectivity index (χ0) is 10.2. The van der Waals surface area contributed by atoms with Gasteiger partial charge in [0.15, 0.2) is 0 Å². The molecule has 0 heterocycles. The molecule has 0 aromatic carbocycles. The second-order valence-corrected chi connectivity index (χ2v) is 1.73. The molecule has 0 aliphatic rings. The predicted molar refractivity (Wildman–Crippen MR) is 83.3 cm³/mol. The van der Waals surface area contributed by atoms with Gasteiger partial charge in [0.2, 0.25) is 0 Å². The highest BCUT2D eigenvalue weighted by molar-refractivity contribution is 5.86. The van der Waals surface area contributed by atoms with Gasteiger partial charge in [0.25, 0.3) is 0 Å². The Morgan fingerprint density at radius 1 is 0.312 bits per heavy atom. The molecule has 0 aliphatic carbocycles. The zero-order valence-corrected chi connectivity index (χ0v) is 12.6. The fourth-order valence-electron chi connectivity index (χ4n) is 0. The minimum Gasteiger partial charge on any atom is -0.329 e. The van der Waals surface area contributed by atoms with Crippen molar-refractivity contribution >= 4 is 49.6 Å². The number of hydrogen-bond acceptors (Lipinski definition) is 6. The van der Waals surface area contributed by atoms with E-state index in [1.54, 1.807) is 0 Å².